The van der Waals surface area contributed by atoms with E-state index in [0.717, 1.165) is 5.70 Å². The summed E-state index contributed by atoms with van der Waals surface area (Å²) in [6, 6.07) is 0. The SMILES string of the molecule is [CH-]=N/C(C)=C\[C](=[W])C(C)(C)C. The van der Waals surface area contributed by atoms with Crippen LogP contribution >= 0.6 is 0 Å². The molecule has 0 unspecified atom stereocenters. The van der Waals surface area contributed by atoms with Gasteiger partial charge in [-0.25, -0.2) is 0 Å². The van der Waals surface area contributed by atoms with E-state index in [1.807, 2.05) is 6.92 Å². The van der Waals surface area contributed by atoms with Gasteiger partial charge in [0.25, 0.3) is 0 Å². The second kappa shape index (κ2) is 4.11. The first-order chi connectivity index (χ1) is 4.88. The fraction of sp³-hybridized carbons (Fsp3) is 0.556. The van der Waals surface area contributed by atoms with E-state index in [1.54, 1.807) is 0 Å². The van der Waals surface area contributed by atoms with Gasteiger partial charge in [-0.3, -0.25) is 0 Å². The molecule has 0 aliphatic rings. The van der Waals surface area contributed by atoms with E-state index in [4.69, 9.17) is 6.72 Å². The van der Waals surface area contributed by atoms with Crippen molar-refractivity contribution in [2.24, 2.45) is 10.4 Å². The van der Waals surface area contributed by atoms with Crippen LogP contribution in [0.5, 0.6) is 0 Å². The molecular weight excluding hydrogens is 306 g/mol. The summed E-state index contributed by atoms with van der Waals surface area (Å²) < 4.78 is 1.38. The van der Waals surface area contributed by atoms with Gasteiger partial charge in [0.2, 0.25) is 0 Å². The minimum atomic E-state index is 0.251. The number of hydrogen-bond donors (Lipinski definition) is 0. The molecule has 0 fully saturated rings. The maximum absolute atomic E-state index is 5.12. The summed E-state index contributed by atoms with van der Waals surface area (Å²) >= 11 is 1.48. The van der Waals surface area contributed by atoms with Gasteiger partial charge in [-0.05, 0) is 0 Å². The van der Waals surface area contributed by atoms with Gasteiger partial charge >= 0.3 is 79.8 Å². The summed E-state index contributed by atoms with van der Waals surface area (Å²) in [5, 5.41) is 0. The van der Waals surface area contributed by atoms with Crippen LogP contribution in [-0.2, 0) is 19.4 Å². The van der Waals surface area contributed by atoms with Crippen LogP contribution in [0.4, 0.5) is 0 Å². The van der Waals surface area contributed by atoms with Gasteiger partial charge in [-0.15, -0.1) is 0 Å². The van der Waals surface area contributed by atoms with E-state index < -0.39 is 0 Å². The van der Waals surface area contributed by atoms with Crippen molar-refractivity contribution in [3.05, 3.63) is 11.8 Å². The Balaban J connectivity index is 4.42. The predicted molar refractivity (Wildman–Crippen MR) is 46.7 cm³/mol. The molecule has 0 spiro atoms. The van der Waals surface area contributed by atoms with E-state index in [2.05, 4.69) is 31.8 Å². The molecule has 0 aromatic rings. The molecule has 0 radical (unpaired) electrons. The van der Waals surface area contributed by atoms with Crippen LogP contribution in [0.2, 0.25) is 0 Å². The third kappa shape index (κ3) is 4.42. The van der Waals surface area contributed by atoms with E-state index in [0.29, 0.717) is 0 Å². The number of nitrogens with zero attached hydrogens (tertiary/aromatic N) is 1. The summed E-state index contributed by atoms with van der Waals surface area (Å²) in [4.78, 5) is 3.60. The van der Waals surface area contributed by atoms with Crippen LogP contribution in [0.1, 0.15) is 27.7 Å². The van der Waals surface area contributed by atoms with Gasteiger partial charge in [-0.1, -0.05) is 0 Å². The Morgan fingerprint density at radius 3 is 2.18 bits per heavy atom. The monoisotopic (exact) mass is 320 g/mol. The molecule has 0 amide bonds. The second-order valence-corrected chi connectivity index (χ2v) is 5.11. The molecular formula is C9H14NW-. The predicted octanol–water partition coefficient (Wildman–Crippen LogP) is 2.23. The third-order valence-electron chi connectivity index (χ3n) is 1.28. The fourth-order valence-corrected chi connectivity index (χ4v) is 1.06. The number of hydrogen-bond acceptors (Lipinski definition) is 1. The van der Waals surface area contributed by atoms with Gasteiger partial charge in [0.1, 0.15) is 0 Å². The molecule has 0 heterocycles. The Hall–Kier alpha value is -0.0317. The van der Waals surface area contributed by atoms with Crippen LogP contribution in [0.15, 0.2) is 16.8 Å². The quantitative estimate of drug-likeness (QED) is 0.547. The Labute approximate surface area is 80.0 Å². The van der Waals surface area contributed by atoms with Gasteiger partial charge < -0.3 is 0 Å². The van der Waals surface area contributed by atoms with Crippen LogP contribution in [-0.4, -0.2) is 10.6 Å². The molecule has 0 aliphatic heterocycles. The van der Waals surface area contributed by atoms with Crippen LogP contribution in [0, 0.1) is 5.41 Å². The molecule has 62 valence electrons. The van der Waals surface area contributed by atoms with Crippen LogP contribution in [0.25, 0.3) is 0 Å². The summed E-state index contributed by atoms with van der Waals surface area (Å²) in [7, 11) is 0. The van der Waals surface area contributed by atoms with Crippen molar-refractivity contribution in [3.63, 3.8) is 0 Å². The summed E-state index contributed by atoms with van der Waals surface area (Å²) in [5.41, 5.74) is 1.14. The Bertz CT molecular complexity index is 196. The zero-order valence-corrected chi connectivity index (χ0v) is 10.4. The second-order valence-electron chi connectivity index (χ2n) is 3.53. The topological polar surface area (TPSA) is 12.4 Å². The zero-order chi connectivity index (χ0) is 9.07. The number of aliphatic imine (C=N–C) groups is 1. The third-order valence-corrected chi connectivity index (χ3v) is 3.91. The molecule has 2 heteroatoms. The fourth-order valence-electron chi connectivity index (χ4n) is 0.443. The van der Waals surface area contributed by atoms with Crippen molar-refractivity contribution in [2.75, 3.05) is 0 Å². The molecule has 0 N–H and O–H groups in total. The number of rotatable bonds is 2. The molecule has 0 saturated heterocycles. The summed E-state index contributed by atoms with van der Waals surface area (Å²) in [6.07, 6.45) is 2.05. The molecule has 11 heavy (non-hydrogen) atoms. The molecule has 0 atom stereocenters. The Morgan fingerprint density at radius 2 is 1.91 bits per heavy atom. The molecule has 0 saturated carbocycles. The van der Waals surface area contributed by atoms with Crippen molar-refractivity contribution in [1.82, 2.24) is 0 Å². The Kier molecular flexibility index (Phi) is 4.10. The van der Waals surface area contributed by atoms with Crippen molar-refractivity contribution in [3.8, 4) is 0 Å². The number of allylic oxidation sites excluding steroid dienone is 2. The van der Waals surface area contributed by atoms with Gasteiger partial charge in [0.15, 0.2) is 0 Å². The first kappa shape index (κ1) is 11.0. The van der Waals surface area contributed by atoms with Gasteiger partial charge in [0.05, 0.1) is 0 Å². The molecule has 0 aromatic heterocycles. The normalized spacial score (nSPS) is 12.9. The molecule has 0 aliphatic carbocycles. The van der Waals surface area contributed by atoms with E-state index in [9.17, 15) is 0 Å². The maximum atomic E-state index is 5.12. The summed E-state index contributed by atoms with van der Waals surface area (Å²) in [6.45, 7) is 13.6. The van der Waals surface area contributed by atoms with E-state index in [1.165, 1.54) is 23.3 Å². The van der Waals surface area contributed by atoms with Crippen LogP contribution in [0.3, 0.4) is 0 Å². The van der Waals surface area contributed by atoms with Crippen molar-refractivity contribution in [1.29, 1.82) is 0 Å². The average molecular weight is 320 g/mol. The standard InChI is InChI=1S/C9H14N.W/c1-8(10-5)6-7-9(2,3)4;/h5-6H,1-4H3;/q-1;/b8-6-;. The summed E-state index contributed by atoms with van der Waals surface area (Å²) in [5.74, 6) is 0. The van der Waals surface area contributed by atoms with Gasteiger partial charge in [0, 0.05) is 0 Å². The molecule has 1 nitrogen and oxygen atoms in total. The van der Waals surface area contributed by atoms with E-state index >= 15 is 0 Å². The van der Waals surface area contributed by atoms with Crippen molar-refractivity contribution < 1.29 is 19.4 Å². The first-order valence-corrected chi connectivity index (χ1v) is 4.98. The van der Waals surface area contributed by atoms with Crippen molar-refractivity contribution in [2.45, 2.75) is 27.7 Å². The van der Waals surface area contributed by atoms with E-state index in [-0.39, 0.29) is 5.41 Å². The molecule has 0 bridgehead atoms. The first-order valence-electron chi connectivity index (χ1n) is 3.51. The molecule has 0 aromatic carbocycles. The van der Waals surface area contributed by atoms with Crippen molar-refractivity contribution >= 4 is 10.6 Å². The van der Waals surface area contributed by atoms with Crippen LogP contribution < -0.4 is 0 Å². The zero-order valence-electron chi connectivity index (χ0n) is 7.51. The molecule has 0 rings (SSSR count). The minimum absolute atomic E-state index is 0.251. The average Bonchev–Trinajstić information content (AvgIpc) is 1.85. The van der Waals surface area contributed by atoms with Gasteiger partial charge in [-0.2, -0.15) is 0 Å². The Morgan fingerprint density at radius 1 is 1.45 bits per heavy atom.